The summed E-state index contributed by atoms with van der Waals surface area (Å²) in [5.74, 6) is -0.251. The average molecular weight is 319 g/mol. The third-order valence-corrected chi connectivity index (χ3v) is 3.71. The summed E-state index contributed by atoms with van der Waals surface area (Å²) in [5.41, 5.74) is 0.624. The van der Waals surface area contributed by atoms with Crippen molar-refractivity contribution in [3.8, 4) is 0 Å². The van der Waals surface area contributed by atoms with Crippen LogP contribution in [0.15, 0.2) is 15.2 Å². The van der Waals surface area contributed by atoms with Crippen molar-refractivity contribution in [1.82, 2.24) is 10.2 Å². The molecule has 1 N–H and O–H groups in total. The molecular formula is C11H15BrN2O2S. The molecular weight excluding hydrogens is 304 g/mol. The molecule has 1 aromatic rings. The first-order valence-electron chi connectivity index (χ1n) is 5.32. The van der Waals surface area contributed by atoms with E-state index in [0.717, 1.165) is 10.2 Å². The van der Waals surface area contributed by atoms with E-state index in [1.54, 1.807) is 23.4 Å². The van der Waals surface area contributed by atoms with Gasteiger partial charge >= 0.3 is 0 Å². The van der Waals surface area contributed by atoms with Crippen LogP contribution in [-0.2, 0) is 4.79 Å². The lowest BCUT2D eigenvalue weighted by molar-refractivity contribution is -0.121. The van der Waals surface area contributed by atoms with E-state index >= 15 is 0 Å². The van der Waals surface area contributed by atoms with Crippen LogP contribution < -0.4 is 5.32 Å². The second-order valence-corrected chi connectivity index (χ2v) is 5.83. The Hall–Kier alpha value is -0.880. The van der Waals surface area contributed by atoms with E-state index in [1.807, 2.05) is 6.92 Å². The molecule has 0 aliphatic rings. The van der Waals surface area contributed by atoms with E-state index in [2.05, 4.69) is 21.2 Å². The van der Waals surface area contributed by atoms with Crippen molar-refractivity contribution in [3.63, 3.8) is 0 Å². The van der Waals surface area contributed by atoms with Crippen LogP contribution in [0.2, 0.25) is 0 Å². The summed E-state index contributed by atoms with van der Waals surface area (Å²) in [6.07, 6.45) is 0.827. The van der Waals surface area contributed by atoms with Crippen molar-refractivity contribution in [2.45, 2.75) is 13.3 Å². The quantitative estimate of drug-likeness (QED) is 0.904. The molecule has 1 rings (SSSR count). The van der Waals surface area contributed by atoms with Crippen molar-refractivity contribution >= 4 is 39.1 Å². The minimum absolute atomic E-state index is 0.0996. The molecule has 1 aromatic heterocycles. The number of hydrogen-bond donors (Lipinski definition) is 1. The number of carbonyl (C=O) groups excluding carboxylic acids is 2. The van der Waals surface area contributed by atoms with E-state index in [0.29, 0.717) is 12.1 Å². The van der Waals surface area contributed by atoms with Crippen LogP contribution in [0.1, 0.15) is 23.7 Å². The van der Waals surface area contributed by atoms with Crippen LogP contribution in [0, 0.1) is 0 Å². The number of halogens is 1. The summed E-state index contributed by atoms with van der Waals surface area (Å²) >= 11 is 4.78. The molecule has 0 spiro atoms. The second kappa shape index (κ2) is 6.76. The number of amides is 2. The van der Waals surface area contributed by atoms with Crippen molar-refractivity contribution in [2.24, 2.45) is 0 Å². The minimum atomic E-state index is -0.152. The zero-order valence-electron chi connectivity index (χ0n) is 9.83. The number of hydrogen-bond acceptors (Lipinski definition) is 3. The zero-order chi connectivity index (χ0) is 12.8. The van der Waals surface area contributed by atoms with Crippen LogP contribution in [0.25, 0.3) is 0 Å². The van der Waals surface area contributed by atoms with Gasteiger partial charge in [-0.15, -0.1) is 11.3 Å². The fourth-order valence-electron chi connectivity index (χ4n) is 1.38. The Morgan fingerprint density at radius 2 is 2.24 bits per heavy atom. The summed E-state index contributed by atoms with van der Waals surface area (Å²) in [5, 5.41) is 4.32. The summed E-state index contributed by atoms with van der Waals surface area (Å²) in [7, 11) is 1.57. The monoisotopic (exact) mass is 318 g/mol. The van der Waals surface area contributed by atoms with Gasteiger partial charge in [-0.05, 0) is 28.4 Å². The van der Waals surface area contributed by atoms with Crippen molar-refractivity contribution < 1.29 is 9.59 Å². The van der Waals surface area contributed by atoms with Crippen LogP contribution >= 0.6 is 27.3 Å². The van der Waals surface area contributed by atoms with Gasteiger partial charge in [0.15, 0.2) is 0 Å². The first-order valence-corrected chi connectivity index (χ1v) is 6.99. The van der Waals surface area contributed by atoms with E-state index in [1.165, 1.54) is 11.3 Å². The zero-order valence-corrected chi connectivity index (χ0v) is 12.2. The standard InChI is InChI=1S/C11H15BrN2O2S/c1-3-4-14(6-10(15)13-2)11(16)8-5-9(12)17-7-8/h5,7H,3-4,6H2,1-2H3,(H,13,15). The van der Waals surface area contributed by atoms with Crippen molar-refractivity contribution in [1.29, 1.82) is 0 Å². The topological polar surface area (TPSA) is 49.4 Å². The predicted molar refractivity (Wildman–Crippen MR) is 72.3 cm³/mol. The fraction of sp³-hybridized carbons (Fsp3) is 0.455. The maximum absolute atomic E-state index is 12.1. The summed E-state index contributed by atoms with van der Waals surface area (Å²) in [4.78, 5) is 25.0. The van der Waals surface area contributed by atoms with Gasteiger partial charge in [0.2, 0.25) is 5.91 Å². The lowest BCUT2D eigenvalue weighted by Crippen LogP contribution is -2.39. The largest absolute Gasteiger partial charge is 0.358 e. The summed E-state index contributed by atoms with van der Waals surface area (Å²) < 4.78 is 0.914. The SMILES string of the molecule is CCCN(CC(=O)NC)C(=O)c1csc(Br)c1. The Labute approximate surface area is 113 Å². The Kier molecular flexibility index (Phi) is 5.64. The van der Waals surface area contributed by atoms with Crippen LogP contribution in [0.5, 0.6) is 0 Å². The minimum Gasteiger partial charge on any atom is -0.358 e. The first-order chi connectivity index (χ1) is 8.08. The maximum atomic E-state index is 12.1. The number of carbonyl (C=O) groups is 2. The summed E-state index contributed by atoms with van der Waals surface area (Å²) in [6.45, 7) is 2.67. The average Bonchev–Trinajstić information content (AvgIpc) is 2.74. The van der Waals surface area contributed by atoms with Gasteiger partial charge in [-0.3, -0.25) is 9.59 Å². The molecule has 0 unspecified atom stereocenters. The molecule has 0 atom stereocenters. The predicted octanol–water partition coefficient (Wildman–Crippen LogP) is 2.11. The smallest absolute Gasteiger partial charge is 0.255 e. The molecule has 1 heterocycles. The van der Waals surface area contributed by atoms with Gasteiger partial charge in [0.05, 0.1) is 15.9 Å². The van der Waals surface area contributed by atoms with Gasteiger partial charge in [0.25, 0.3) is 5.91 Å². The number of likely N-dealkylation sites (N-methyl/N-ethyl adjacent to an activating group) is 1. The van der Waals surface area contributed by atoms with Crippen molar-refractivity contribution in [2.75, 3.05) is 20.1 Å². The van der Waals surface area contributed by atoms with E-state index in [9.17, 15) is 9.59 Å². The van der Waals surface area contributed by atoms with Gasteiger partial charge in [-0.25, -0.2) is 0 Å². The molecule has 4 nitrogen and oxygen atoms in total. The molecule has 0 fully saturated rings. The molecule has 17 heavy (non-hydrogen) atoms. The normalized spacial score (nSPS) is 10.1. The molecule has 0 radical (unpaired) electrons. The molecule has 94 valence electrons. The van der Waals surface area contributed by atoms with Crippen LogP contribution in [0.4, 0.5) is 0 Å². The summed E-state index contributed by atoms with van der Waals surface area (Å²) in [6, 6.07) is 1.78. The highest BCUT2D eigenvalue weighted by molar-refractivity contribution is 9.11. The van der Waals surface area contributed by atoms with Crippen LogP contribution in [0.3, 0.4) is 0 Å². The molecule has 2 amide bonds. The fourth-order valence-corrected chi connectivity index (χ4v) is 2.51. The van der Waals surface area contributed by atoms with Gasteiger partial charge in [-0.1, -0.05) is 6.92 Å². The highest BCUT2D eigenvalue weighted by atomic mass is 79.9. The number of thiophene rings is 1. The highest BCUT2D eigenvalue weighted by Crippen LogP contribution is 2.21. The third-order valence-electron chi connectivity index (χ3n) is 2.21. The van der Waals surface area contributed by atoms with Gasteiger partial charge in [0.1, 0.15) is 0 Å². The lowest BCUT2D eigenvalue weighted by Gasteiger charge is -2.20. The Morgan fingerprint density at radius 1 is 1.53 bits per heavy atom. The molecule has 0 bridgehead atoms. The number of nitrogens with zero attached hydrogens (tertiary/aromatic N) is 1. The number of rotatable bonds is 5. The van der Waals surface area contributed by atoms with E-state index < -0.39 is 0 Å². The van der Waals surface area contributed by atoms with E-state index in [-0.39, 0.29) is 18.4 Å². The Bertz CT molecular complexity index is 406. The van der Waals surface area contributed by atoms with Gasteiger partial charge in [-0.2, -0.15) is 0 Å². The molecule has 0 saturated carbocycles. The third kappa shape index (κ3) is 4.12. The van der Waals surface area contributed by atoms with Gasteiger partial charge < -0.3 is 10.2 Å². The molecule has 0 aliphatic carbocycles. The second-order valence-electron chi connectivity index (χ2n) is 3.54. The Morgan fingerprint density at radius 3 is 2.71 bits per heavy atom. The molecule has 0 aromatic carbocycles. The molecule has 0 aliphatic heterocycles. The highest BCUT2D eigenvalue weighted by Gasteiger charge is 2.18. The van der Waals surface area contributed by atoms with Gasteiger partial charge in [0, 0.05) is 19.0 Å². The van der Waals surface area contributed by atoms with Crippen molar-refractivity contribution in [3.05, 3.63) is 20.8 Å². The van der Waals surface area contributed by atoms with Crippen LogP contribution in [-0.4, -0.2) is 36.9 Å². The molecule has 0 saturated heterocycles. The maximum Gasteiger partial charge on any atom is 0.255 e. The first kappa shape index (κ1) is 14.2. The molecule has 6 heteroatoms. The lowest BCUT2D eigenvalue weighted by atomic mass is 10.2. The number of nitrogens with one attached hydrogen (secondary N) is 1. The Balaban J connectivity index is 2.76. The van der Waals surface area contributed by atoms with E-state index in [4.69, 9.17) is 0 Å².